The highest BCUT2D eigenvalue weighted by atomic mass is 16.5. The fourth-order valence-electron chi connectivity index (χ4n) is 2.11. The van der Waals surface area contributed by atoms with E-state index in [1.807, 2.05) is 29.1 Å². The van der Waals surface area contributed by atoms with Crippen molar-refractivity contribution in [3.05, 3.63) is 30.0 Å². The summed E-state index contributed by atoms with van der Waals surface area (Å²) in [6.07, 6.45) is 2.00. The topological polar surface area (TPSA) is 62.3 Å². The summed E-state index contributed by atoms with van der Waals surface area (Å²) in [5.74, 6) is 0.841. The van der Waals surface area contributed by atoms with Gasteiger partial charge in [0.05, 0.1) is 13.2 Å². The third kappa shape index (κ3) is 1.82. The van der Waals surface area contributed by atoms with Crippen molar-refractivity contribution in [2.45, 2.75) is 13.2 Å². The number of hydrogen-bond acceptors (Lipinski definition) is 4. The van der Waals surface area contributed by atoms with Crippen LogP contribution >= 0.6 is 0 Å². The van der Waals surface area contributed by atoms with Crippen molar-refractivity contribution in [3.63, 3.8) is 0 Å². The molecule has 0 aliphatic carbocycles. The third-order valence-electron chi connectivity index (χ3n) is 3.00. The Morgan fingerprint density at radius 2 is 2.39 bits per heavy atom. The van der Waals surface area contributed by atoms with Crippen LogP contribution in [-0.2, 0) is 17.9 Å². The van der Waals surface area contributed by atoms with Gasteiger partial charge in [-0.15, -0.1) is 0 Å². The van der Waals surface area contributed by atoms with E-state index in [9.17, 15) is 0 Å². The molecule has 2 heterocycles. The fourth-order valence-corrected chi connectivity index (χ4v) is 2.11. The van der Waals surface area contributed by atoms with E-state index in [1.165, 1.54) is 0 Å². The highest BCUT2D eigenvalue weighted by Gasteiger charge is 2.21. The first-order valence-corrected chi connectivity index (χ1v) is 5.86. The van der Waals surface area contributed by atoms with Crippen molar-refractivity contribution in [2.75, 3.05) is 19.5 Å². The number of nitrogens with two attached hydrogens (primary N) is 1. The first kappa shape index (κ1) is 11.1. The van der Waals surface area contributed by atoms with Crippen LogP contribution in [0.3, 0.4) is 0 Å². The van der Waals surface area contributed by atoms with Crippen molar-refractivity contribution in [3.8, 4) is 17.0 Å². The van der Waals surface area contributed by atoms with E-state index < -0.39 is 0 Å². The molecule has 3 rings (SSSR count). The molecule has 1 aromatic carbocycles. The number of aromatic nitrogens is 2. The first-order valence-electron chi connectivity index (χ1n) is 5.86. The van der Waals surface area contributed by atoms with Gasteiger partial charge in [-0.1, -0.05) is 0 Å². The van der Waals surface area contributed by atoms with Gasteiger partial charge in [0.25, 0.3) is 0 Å². The minimum atomic E-state index is 0.555. The predicted molar refractivity (Wildman–Crippen MR) is 68.3 cm³/mol. The van der Waals surface area contributed by atoms with Gasteiger partial charge in [-0.3, -0.25) is 4.68 Å². The second kappa shape index (κ2) is 4.34. The molecule has 94 valence electrons. The average Bonchev–Trinajstić information content (AvgIpc) is 2.79. The van der Waals surface area contributed by atoms with E-state index in [0.29, 0.717) is 13.2 Å². The first-order chi connectivity index (χ1) is 8.78. The Labute approximate surface area is 105 Å². The van der Waals surface area contributed by atoms with Crippen LogP contribution in [0.2, 0.25) is 0 Å². The summed E-state index contributed by atoms with van der Waals surface area (Å²) in [6.45, 7) is 1.94. The lowest BCUT2D eigenvalue weighted by molar-refractivity contribution is 0.183. The standard InChI is InChI=1S/C13H15N3O2/c1-17-5-4-16-7-9-8-18-12-3-2-10(14)6-11(12)13(9)15-16/h2-3,6-7H,4-5,8,14H2,1H3. The molecule has 1 aliphatic heterocycles. The molecular formula is C13H15N3O2. The van der Waals surface area contributed by atoms with Crippen molar-refractivity contribution >= 4 is 5.69 Å². The molecule has 5 nitrogen and oxygen atoms in total. The van der Waals surface area contributed by atoms with E-state index >= 15 is 0 Å². The van der Waals surface area contributed by atoms with Crippen LogP contribution in [0.4, 0.5) is 5.69 Å². The van der Waals surface area contributed by atoms with Crippen molar-refractivity contribution in [2.24, 2.45) is 0 Å². The maximum absolute atomic E-state index is 5.82. The molecule has 0 amide bonds. The molecule has 0 fully saturated rings. The summed E-state index contributed by atoms with van der Waals surface area (Å²) in [4.78, 5) is 0. The molecule has 0 bridgehead atoms. The molecule has 0 saturated heterocycles. The Bertz CT molecular complexity index is 578. The maximum atomic E-state index is 5.82. The highest BCUT2D eigenvalue weighted by Crippen LogP contribution is 2.37. The van der Waals surface area contributed by atoms with Crippen LogP contribution in [0.15, 0.2) is 24.4 Å². The Morgan fingerprint density at radius 3 is 3.22 bits per heavy atom. The van der Waals surface area contributed by atoms with Crippen molar-refractivity contribution in [1.29, 1.82) is 0 Å². The third-order valence-corrected chi connectivity index (χ3v) is 3.00. The van der Waals surface area contributed by atoms with Gasteiger partial charge in [0.15, 0.2) is 0 Å². The zero-order chi connectivity index (χ0) is 12.5. The SMILES string of the molecule is COCCn1cc2c(n1)-c1cc(N)ccc1OC2. The van der Waals surface area contributed by atoms with E-state index in [4.69, 9.17) is 15.2 Å². The molecule has 0 unspecified atom stereocenters. The summed E-state index contributed by atoms with van der Waals surface area (Å²) < 4.78 is 12.6. The Hall–Kier alpha value is -2.01. The average molecular weight is 245 g/mol. The van der Waals surface area contributed by atoms with Crippen molar-refractivity contribution in [1.82, 2.24) is 9.78 Å². The quantitative estimate of drug-likeness (QED) is 0.835. The molecule has 1 aliphatic rings. The Morgan fingerprint density at radius 1 is 1.50 bits per heavy atom. The van der Waals surface area contributed by atoms with Crippen LogP contribution < -0.4 is 10.5 Å². The zero-order valence-corrected chi connectivity index (χ0v) is 10.2. The second-order valence-electron chi connectivity index (χ2n) is 4.30. The fraction of sp³-hybridized carbons (Fsp3) is 0.308. The monoisotopic (exact) mass is 245 g/mol. The van der Waals surface area contributed by atoms with Crippen LogP contribution in [0.25, 0.3) is 11.3 Å². The normalized spacial score (nSPS) is 12.7. The minimum Gasteiger partial charge on any atom is -0.488 e. The van der Waals surface area contributed by atoms with Crippen LogP contribution in [0.5, 0.6) is 5.75 Å². The maximum Gasteiger partial charge on any atom is 0.129 e. The number of benzene rings is 1. The molecule has 0 spiro atoms. The molecule has 0 saturated carbocycles. The number of rotatable bonds is 3. The van der Waals surface area contributed by atoms with E-state index in [2.05, 4.69) is 5.10 Å². The summed E-state index contributed by atoms with van der Waals surface area (Å²) >= 11 is 0. The summed E-state index contributed by atoms with van der Waals surface area (Å²) in [5, 5.41) is 4.57. The number of ether oxygens (including phenoxy) is 2. The van der Waals surface area contributed by atoms with E-state index in [0.717, 1.165) is 34.8 Å². The summed E-state index contributed by atoms with van der Waals surface area (Å²) in [6, 6.07) is 5.63. The molecule has 0 radical (unpaired) electrons. The Balaban J connectivity index is 2.01. The lowest BCUT2D eigenvalue weighted by Crippen LogP contribution is -2.05. The van der Waals surface area contributed by atoms with E-state index in [1.54, 1.807) is 7.11 Å². The molecule has 5 heteroatoms. The largest absolute Gasteiger partial charge is 0.488 e. The lowest BCUT2D eigenvalue weighted by Gasteiger charge is -2.16. The van der Waals surface area contributed by atoms with Gasteiger partial charge in [-0.05, 0) is 18.2 Å². The van der Waals surface area contributed by atoms with Gasteiger partial charge in [0.1, 0.15) is 18.1 Å². The van der Waals surface area contributed by atoms with Gasteiger partial charge in [0, 0.05) is 30.1 Å². The van der Waals surface area contributed by atoms with Crippen LogP contribution in [-0.4, -0.2) is 23.5 Å². The molecule has 0 atom stereocenters. The van der Waals surface area contributed by atoms with Gasteiger partial charge in [-0.2, -0.15) is 5.10 Å². The van der Waals surface area contributed by atoms with Crippen LogP contribution in [0, 0.1) is 0 Å². The van der Waals surface area contributed by atoms with Gasteiger partial charge in [0.2, 0.25) is 0 Å². The number of methoxy groups -OCH3 is 1. The van der Waals surface area contributed by atoms with Crippen LogP contribution in [0.1, 0.15) is 5.56 Å². The zero-order valence-electron chi connectivity index (χ0n) is 10.2. The molecule has 18 heavy (non-hydrogen) atoms. The van der Waals surface area contributed by atoms with Gasteiger partial charge in [-0.25, -0.2) is 0 Å². The van der Waals surface area contributed by atoms with Gasteiger partial charge >= 0.3 is 0 Å². The number of anilines is 1. The van der Waals surface area contributed by atoms with Crippen molar-refractivity contribution < 1.29 is 9.47 Å². The summed E-state index contributed by atoms with van der Waals surface area (Å²) in [7, 11) is 1.68. The second-order valence-corrected chi connectivity index (χ2v) is 4.30. The number of hydrogen-bond donors (Lipinski definition) is 1. The summed E-state index contributed by atoms with van der Waals surface area (Å²) in [5.41, 5.74) is 9.55. The number of nitrogen functional groups attached to an aromatic ring is 1. The van der Waals surface area contributed by atoms with E-state index in [-0.39, 0.29) is 0 Å². The molecule has 2 aromatic rings. The lowest BCUT2D eigenvalue weighted by atomic mass is 10.0. The highest BCUT2D eigenvalue weighted by molar-refractivity contribution is 5.74. The Kier molecular flexibility index (Phi) is 2.68. The molecular weight excluding hydrogens is 230 g/mol. The predicted octanol–water partition coefficient (Wildman–Crippen LogP) is 1.67. The molecule has 1 aromatic heterocycles. The smallest absolute Gasteiger partial charge is 0.129 e. The van der Waals surface area contributed by atoms with Gasteiger partial charge < -0.3 is 15.2 Å². The molecule has 2 N–H and O–H groups in total. The number of nitrogens with zero attached hydrogens (tertiary/aromatic N) is 2. The minimum absolute atomic E-state index is 0.555. The number of fused-ring (bicyclic) bond motifs is 3.